The number of hydrogen-bond acceptors (Lipinski definition) is 3. The van der Waals surface area contributed by atoms with Crippen molar-refractivity contribution in [3.05, 3.63) is 65.5 Å². The number of amides is 1. The van der Waals surface area contributed by atoms with Gasteiger partial charge in [0.1, 0.15) is 0 Å². The van der Waals surface area contributed by atoms with E-state index < -0.39 is 0 Å². The second kappa shape index (κ2) is 8.06. The van der Waals surface area contributed by atoms with Crippen molar-refractivity contribution in [1.82, 2.24) is 9.88 Å². The van der Waals surface area contributed by atoms with E-state index in [1.807, 2.05) is 35.2 Å². The van der Waals surface area contributed by atoms with Crippen LogP contribution in [0.15, 0.2) is 48.7 Å². The predicted octanol–water partition coefficient (Wildman–Crippen LogP) is 2.60. The maximum absolute atomic E-state index is 12.4. The number of carbonyl (C=O) groups excluding carboxylic acids is 1. The summed E-state index contributed by atoms with van der Waals surface area (Å²) in [6.45, 7) is 1.77. The number of aliphatic hydroxyl groups is 1. The number of carbonyl (C=O) groups is 1. The van der Waals surface area contributed by atoms with Crippen LogP contribution >= 0.6 is 0 Å². The van der Waals surface area contributed by atoms with E-state index in [1.165, 1.54) is 5.56 Å². The molecule has 1 aromatic heterocycles. The third kappa shape index (κ3) is 4.42. The summed E-state index contributed by atoms with van der Waals surface area (Å²) in [5.74, 6) is 0.741. The highest BCUT2D eigenvalue weighted by Crippen LogP contribution is 2.22. The first-order valence-corrected chi connectivity index (χ1v) is 8.61. The minimum absolute atomic E-state index is 0.0800. The number of hydrogen-bond donors (Lipinski definition) is 1. The summed E-state index contributed by atoms with van der Waals surface area (Å²) in [6, 6.07) is 13.9. The maximum Gasteiger partial charge on any atom is 0.222 e. The first-order valence-electron chi connectivity index (χ1n) is 8.61. The van der Waals surface area contributed by atoms with Crippen molar-refractivity contribution in [2.24, 2.45) is 5.92 Å². The van der Waals surface area contributed by atoms with Crippen LogP contribution in [0.25, 0.3) is 0 Å². The molecular formula is C20H24N2O2. The van der Waals surface area contributed by atoms with Crippen molar-refractivity contribution >= 4 is 5.91 Å². The second-order valence-corrected chi connectivity index (χ2v) is 6.50. The zero-order valence-electron chi connectivity index (χ0n) is 13.9. The Hall–Kier alpha value is -2.20. The molecule has 2 aromatic rings. The van der Waals surface area contributed by atoms with E-state index in [2.05, 4.69) is 17.1 Å². The normalized spacial score (nSPS) is 17.2. The minimum Gasteiger partial charge on any atom is -0.392 e. The van der Waals surface area contributed by atoms with E-state index in [1.54, 1.807) is 6.20 Å². The van der Waals surface area contributed by atoms with Crippen LogP contribution in [-0.4, -0.2) is 34.0 Å². The number of rotatable bonds is 6. The van der Waals surface area contributed by atoms with Crippen LogP contribution in [0.4, 0.5) is 0 Å². The van der Waals surface area contributed by atoms with Crippen molar-refractivity contribution in [2.45, 2.75) is 32.3 Å². The minimum atomic E-state index is 0.0800. The Kier molecular flexibility index (Phi) is 5.59. The van der Waals surface area contributed by atoms with Crippen LogP contribution in [0.3, 0.4) is 0 Å². The fraction of sp³-hybridized carbons (Fsp3) is 0.400. The number of pyridine rings is 1. The number of likely N-dealkylation sites (tertiary alicyclic amines) is 1. The Bertz CT molecular complexity index is 672. The summed E-state index contributed by atoms with van der Waals surface area (Å²) in [4.78, 5) is 18.6. The van der Waals surface area contributed by atoms with Gasteiger partial charge >= 0.3 is 0 Å². The van der Waals surface area contributed by atoms with Gasteiger partial charge in [0, 0.05) is 31.4 Å². The molecule has 1 aliphatic rings. The van der Waals surface area contributed by atoms with Crippen molar-refractivity contribution < 1.29 is 9.90 Å². The second-order valence-electron chi connectivity index (χ2n) is 6.50. The molecule has 0 unspecified atom stereocenters. The molecule has 1 amide bonds. The van der Waals surface area contributed by atoms with Gasteiger partial charge in [-0.15, -0.1) is 0 Å². The smallest absolute Gasteiger partial charge is 0.222 e. The average Bonchev–Trinajstić information content (AvgIpc) is 3.09. The van der Waals surface area contributed by atoms with Gasteiger partial charge in [0.05, 0.1) is 6.61 Å². The molecule has 1 atom stereocenters. The first kappa shape index (κ1) is 16.7. The SMILES string of the molecule is O=C(CCc1ccccn1)N1CC[C@H](Cc2cccc(CO)c2)C1. The van der Waals surface area contributed by atoms with E-state index in [0.29, 0.717) is 18.8 Å². The summed E-state index contributed by atoms with van der Waals surface area (Å²) >= 11 is 0. The molecule has 24 heavy (non-hydrogen) atoms. The molecule has 4 heteroatoms. The first-order chi connectivity index (χ1) is 11.7. The number of benzene rings is 1. The van der Waals surface area contributed by atoms with Crippen molar-refractivity contribution in [3.63, 3.8) is 0 Å². The van der Waals surface area contributed by atoms with Crippen LogP contribution in [-0.2, 0) is 24.2 Å². The van der Waals surface area contributed by atoms with Crippen LogP contribution in [0.5, 0.6) is 0 Å². The average molecular weight is 324 g/mol. The van der Waals surface area contributed by atoms with E-state index in [9.17, 15) is 9.90 Å². The van der Waals surface area contributed by atoms with E-state index in [4.69, 9.17) is 0 Å². The van der Waals surface area contributed by atoms with Crippen LogP contribution in [0, 0.1) is 5.92 Å². The zero-order valence-corrected chi connectivity index (χ0v) is 13.9. The van der Waals surface area contributed by atoms with Gasteiger partial charge in [-0.25, -0.2) is 0 Å². The number of nitrogens with zero attached hydrogens (tertiary/aromatic N) is 2. The Labute approximate surface area is 143 Å². The molecule has 0 spiro atoms. The summed E-state index contributed by atoms with van der Waals surface area (Å²) in [6.07, 6.45) is 5.03. The van der Waals surface area contributed by atoms with Crippen molar-refractivity contribution in [2.75, 3.05) is 13.1 Å². The summed E-state index contributed by atoms with van der Waals surface area (Å²) in [7, 11) is 0. The summed E-state index contributed by atoms with van der Waals surface area (Å²) in [5, 5.41) is 9.23. The fourth-order valence-corrected chi connectivity index (χ4v) is 3.35. The quantitative estimate of drug-likeness (QED) is 0.888. The Morgan fingerprint density at radius 2 is 2.08 bits per heavy atom. The molecule has 1 saturated heterocycles. The summed E-state index contributed by atoms with van der Waals surface area (Å²) in [5.41, 5.74) is 3.17. The highest BCUT2D eigenvalue weighted by atomic mass is 16.3. The van der Waals surface area contributed by atoms with Gasteiger partial charge in [-0.05, 0) is 48.4 Å². The van der Waals surface area contributed by atoms with Crippen LogP contribution < -0.4 is 0 Å². The lowest BCUT2D eigenvalue weighted by molar-refractivity contribution is -0.130. The molecule has 4 nitrogen and oxygen atoms in total. The highest BCUT2D eigenvalue weighted by molar-refractivity contribution is 5.76. The van der Waals surface area contributed by atoms with E-state index in [0.717, 1.165) is 37.2 Å². The Morgan fingerprint density at radius 1 is 1.21 bits per heavy atom. The standard InChI is InChI=1S/C20H24N2O2/c23-15-18-5-3-4-16(13-18)12-17-9-11-22(14-17)20(24)8-7-19-6-1-2-10-21-19/h1-6,10,13,17,23H,7-9,11-12,14-15H2/t17-/m1/s1. The molecule has 1 aliphatic heterocycles. The largest absolute Gasteiger partial charge is 0.392 e. The molecule has 0 aliphatic carbocycles. The number of aryl methyl sites for hydroxylation is 1. The lowest BCUT2D eigenvalue weighted by atomic mass is 9.97. The van der Waals surface area contributed by atoms with Gasteiger partial charge in [-0.3, -0.25) is 9.78 Å². The van der Waals surface area contributed by atoms with Gasteiger partial charge < -0.3 is 10.0 Å². The maximum atomic E-state index is 12.4. The zero-order chi connectivity index (χ0) is 16.8. The molecular weight excluding hydrogens is 300 g/mol. The summed E-state index contributed by atoms with van der Waals surface area (Å²) < 4.78 is 0. The number of aliphatic hydroxyl groups excluding tert-OH is 1. The highest BCUT2D eigenvalue weighted by Gasteiger charge is 2.26. The molecule has 0 radical (unpaired) electrons. The molecule has 2 heterocycles. The molecule has 126 valence electrons. The third-order valence-electron chi connectivity index (χ3n) is 4.66. The van der Waals surface area contributed by atoms with E-state index in [-0.39, 0.29) is 12.5 Å². The van der Waals surface area contributed by atoms with Crippen LogP contribution in [0.1, 0.15) is 29.7 Å². The lowest BCUT2D eigenvalue weighted by Gasteiger charge is -2.16. The van der Waals surface area contributed by atoms with Crippen molar-refractivity contribution in [3.8, 4) is 0 Å². The van der Waals surface area contributed by atoms with Gasteiger partial charge in [-0.2, -0.15) is 0 Å². The van der Waals surface area contributed by atoms with Gasteiger partial charge in [0.2, 0.25) is 5.91 Å². The van der Waals surface area contributed by atoms with Gasteiger partial charge in [0.15, 0.2) is 0 Å². The number of aromatic nitrogens is 1. The molecule has 0 saturated carbocycles. The van der Waals surface area contributed by atoms with Gasteiger partial charge in [-0.1, -0.05) is 30.3 Å². The van der Waals surface area contributed by atoms with Gasteiger partial charge in [0.25, 0.3) is 0 Å². The molecule has 1 N–H and O–H groups in total. The fourth-order valence-electron chi connectivity index (χ4n) is 3.35. The Morgan fingerprint density at radius 3 is 2.88 bits per heavy atom. The Balaban J connectivity index is 1.48. The van der Waals surface area contributed by atoms with Crippen LogP contribution in [0.2, 0.25) is 0 Å². The lowest BCUT2D eigenvalue weighted by Crippen LogP contribution is -2.29. The topological polar surface area (TPSA) is 53.4 Å². The van der Waals surface area contributed by atoms with E-state index >= 15 is 0 Å². The molecule has 1 fully saturated rings. The predicted molar refractivity (Wildman–Crippen MR) is 93.3 cm³/mol. The molecule has 3 rings (SSSR count). The monoisotopic (exact) mass is 324 g/mol. The third-order valence-corrected chi connectivity index (χ3v) is 4.66. The molecule has 1 aromatic carbocycles. The van der Waals surface area contributed by atoms with Crippen molar-refractivity contribution in [1.29, 1.82) is 0 Å². The molecule has 0 bridgehead atoms.